The van der Waals surface area contributed by atoms with E-state index in [1.807, 2.05) is 21.0 Å². The number of hydrogen-bond donors (Lipinski definition) is 2. The zero-order chi connectivity index (χ0) is 10.6. The number of halogens is 1. The molecule has 1 atom stereocenters. The standard InChI is InChI=1S/C4H10N4.ClHO4/c1-4-5-8(3)6-7(4)2;2-1(3,4)5/h6H,1-3H3;(H,2,3,4,5). The number of nitrogens with one attached hydrogen (secondary N) is 2. The summed E-state index contributed by atoms with van der Waals surface area (Å²) in [6, 6.07) is 0. The second-order valence-corrected chi connectivity index (χ2v) is 3.08. The van der Waals surface area contributed by atoms with Gasteiger partial charge < -0.3 is 0 Å². The summed E-state index contributed by atoms with van der Waals surface area (Å²) in [7, 11) is -1.07. The summed E-state index contributed by atoms with van der Waals surface area (Å²) in [5.74, 6) is 1.06. The van der Waals surface area contributed by atoms with Crippen molar-refractivity contribution in [2.75, 3.05) is 14.1 Å². The van der Waals surface area contributed by atoms with E-state index in [-0.39, 0.29) is 0 Å². The van der Waals surface area contributed by atoms with Crippen molar-refractivity contribution in [3.05, 3.63) is 0 Å². The Labute approximate surface area is 77.3 Å². The summed E-state index contributed by atoms with van der Waals surface area (Å²) in [6.45, 7) is 1.98. The Morgan fingerprint density at radius 2 is 1.77 bits per heavy atom. The van der Waals surface area contributed by atoms with Crippen molar-refractivity contribution in [2.24, 2.45) is 5.10 Å². The van der Waals surface area contributed by atoms with E-state index in [1.165, 1.54) is 0 Å². The van der Waals surface area contributed by atoms with Crippen LogP contribution in [0, 0.1) is 10.2 Å². The van der Waals surface area contributed by atoms with Crippen molar-refractivity contribution < 1.29 is 33.9 Å². The molecule has 1 unspecified atom stereocenters. The Morgan fingerprint density at radius 3 is 1.85 bits per heavy atom. The van der Waals surface area contributed by atoms with E-state index in [1.54, 1.807) is 5.12 Å². The zero-order valence-electron chi connectivity index (χ0n) is 7.41. The third-order valence-corrected chi connectivity index (χ3v) is 1.17. The topological polar surface area (TPSA) is 124 Å². The third-order valence-electron chi connectivity index (χ3n) is 1.17. The monoisotopic (exact) mass is 214 g/mol. The Balaban J connectivity index is 0.000000252. The number of hydrazone groups is 1. The summed E-state index contributed by atoms with van der Waals surface area (Å²) >= 11 is 0. The number of quaternary nitrogens is 1. The molecule has 0 aromatic carbocycles. The van der Waals surface area contributed by atoms with E-state index in [0.717, 1.165) is 10.8 Å². The van der Waals surface area contributed by atoms with Gasteiger partial charge in [0, 0.05) is 14.0 Å². The normalized spacial score (nSPS) is 22.2. The second kappa shape index (κ2) is 4.67. The number of nitrogens with zero attached hydrogens (tertiary/aromatic N) is 2. The molecular formula is C4H11ClN4O4. The highest BCUT2D eigenvalue weighted by atomic mass is 35.7. The van der Waals surface area contributed by atoms with Crippen molar-refractivity contribution in [1.29, 1.82) is 0 Å². The van der Waals surface area contributed by atoms with Crippen LogP contribution >= 0.6 is 0 Å². The molecule has 0 fully saturated rings. The highest BCUT2D eigenvalue weighted by molar-refractivity contribution is 5.70. The molecule has 0 bridgehead atoms. The van der Waals surface area contributed by atoms with Gasteiger partial charge in [0.1, 0.15) is 0 Å². The molecule has 1 aliphatic rings. The molecule has 0 spiro atoms. The SMILES string of the molecule is CC1=NN(C)N[NH+]1C.[O-][Cl+3]([O-])([O-])[O-]. The fourth-order valence-corrected chi connectivity index (χ4v) is 0.649. The van der Waals surface area contributed by atoms with Gasteiger partial charge in [0.2, 0.25) is 5.84 Å². The summed E-state index contributed by atoms with van der Waals surface area (Å²) in [6.07, 6.45) is 0. The van der Waals surface area contributed by atoms with Crippen LogP contribution in [0.1, 0.15) is 6.92 Å². The molecular weight excluding hydrogens is 204 g/mol. The summed E-state index contributed by atoms with van der Waals surface area (Å²) in [4.78, 5) is 0. The van der Waals surface area contributed by atoms with Gasteiger partial charge >= 0.3 is 0 Å². The van der Waals surface area contributed by atoms with Crippen LogP contribution in [0.15, 0.2) is 5.10 Å². The minimum atomic E-state index is -4.94. The first-order valence-corrected chi connectivity index (χ1v) is 4.45. The smallest absolute Gasteiger partial charge is 0.222 e. The molecule has 0 radical (unpaired) electrons. The second-order valence-electron chi connectivity index (χ2n) is 2.32. The molecule has 2 N–H and O–H groups in total. The maximum atomic E-state index is 8.49. The van der Waals surface area contributed by atoms with Gasteiger partial charge in [0.15, 0.2) is 0 Å². The summed E-state index contributed by atoms with van der Waals surface area (Å²) in [5.41, 5.74) is 3.01. The zero-order valence-corrected chi connectivity index (χ0v) is 8.16. The van der Waals surface area contributed by atoms with Crippen molar-refractivity contribution >= 4 is 5.84 Å². The third kappa shape index (κ3) is 7.87. The first kappa shape index (κ1) is 12.5. The minimum Gasteiger partial charge on any atom is -0.222 e. The lowest BCUT2D eigenvalue weighted by atomic mass is 10.7. The predicted molar refractivity (Wildman–Crippen MR) is 30.9 cm³/mol. The van der Waals surface area contributed by atoms with Gasteiger partial charge in [0.25, 0.3) is 0 Å². The Kier molecular flexibility index (Phi) is 4.50. The van der Waals surface area contributed by atoms with E-state index in [2.05, 4.69) is 10.6 Å². The van der Waals surface area contributed by atoms with E-state index in [0.29, 0.717) is 0 Å². The average molecular weight is 215 g/mol. The molecule has 1 rings (SSSR count). The average Bonchev–Trinajstić information content (AvgIpc) is 2.05. The fraction of sp³-hybridized carbons (Fsp3) is 0.750. The Morgan fingerprint density at radius 1 is 1.38 bits per heavy atom. The predicted octanol–water partition coefficient (Wildman–Crippen LogP) is -6.56. The van der Waals surface area contributed by atoms with Crippen LogP contribution in [0.2, 0.25) is 0 Å². The highest BCUT2D eigenvalue weighted by Crippen LogP contribution is 1.76. The van der Waals surface area contributed by atoms with Crippen molar-refractivity contribution in [2.45, 2.75) is 6.92 Å². The number of amidine groups is 1. The Hall–Kier alpha value is -0.480. The molecule has 8 nitrogen and oxygen atoms in total. The van der Waals surface area contributed by atoms with Gasteiger partial charge in [-0.25, -0.2) is 18.6 Å². The summed E-state index contributed by atoms with van der Waals surface area (Å²) < 4.78 is 34.0. The lowest BCUT2D eigenvalue weighted by molar-refractivity contribution is -2.00. The lowest BCUT2D eigenvalue weighted by Crippen LogP contribution is -3.16. The molecule has 0 saturated carbocycles. The van der Waals surface area contributed by atoms with Crippen LogP contribution in [0.25, 0.3) is 0 Å². The molecule has 1 heterocycles. The largest absolute Gasteiger partial charge is 0.237 e. The maximum absolute atomic E-state index is 8.49. The molecule has 0 amide bonds. The van der Waals surface area contributed by atoms with Gasteiger partial charge in [-0.2, -0.15) is 10.1 Å². The van der Waals surface area contributed by atoms with Crippen molar-refractivity contribution in [3.8, 4) is 0 Å². The van der Waals surface area contributed by atoms with Gasteiger partial charge in [-0.1, -0.05) is 5.53 Å². The first-order chi connectivity index (χ1) is 5.70. The van der Waals surface area contributed by atoms with E-state index in [9.17, 15) is 0 Å². The van der Waals surface area contributed by atoms with Crippen LogP contribution < -0.4 is 29.2 Å². The molecule has 0 saturated heterocycles. The number of rotatable bonds is 0. The Bertz CT molecular complexity index is 187. The molecule has 78 valence electrons. The van der Waals surface area contributed by atoms with Crippen LogP contribution in [-0.4, -0.2) is 25.0 Å². The van der Waals surface area contributed by atoms with Gasteiger partial charge in [-0.05, 0) is 0 Å². The molecule has 0 aromatic heterocycles. The minimum absolute atomic E-state index is 1.06. The van der Waals surface area contributed by atoms with Crippen LogP contribution in [-0.2, 0) is 0 Å². The number of hydrazine groups is 1. The number of hydrogen-bond acceptors (Lipinski definition) is 7. The van der Waals surface area contributed by atoms with E-state index in [4.69, 9.17) is 18.6 Å². The quantitative estimate of drug-likeness (QED) is 0.413. The van der Waals surface area contributed by atoms with Gasteiger partial charge in [-0.15, -0.1) is 15.3 Å². The summed E-state index contributed by atoms with van der Waals surface area (Å²) in [5, 5.41) is 6.90. The van der Waals surface area contributed by atoms with Crippen LogP contribution in [0.4, 0.5) is 0 Å². The maximum Gasteiger partial charge on any atom is 0.237 e. The van der Waals surface area contributed by atoms with Crippen LogP contribution in [0.5, 0.6) is 0 Å². The first-order valence-electron chi connectivity index (χ1n) is 3.21. The highest BCUT2D eigenvalue weighted by Gasteiger charge is 2.15. The van der Waals surface area contributed by atoms with Crippen molar-refractivity contribution in [3.63, 3.8) is 0 Å². The molecule has 13 heavy (non-hydrogen) atoms. The molecule has 0 aromatic rings. The molecule has 1 aliphatic heterocycles. The van der Waals surface area contributed by atoms with Gasteiger partial charge in [0.05, 0.1) is 7.05 Å². The van der Waals surface area contributed by atoms with Gasteiger partial charge in [-0.3, -0.25) is 0 Å². The van der Waals surface area contributed by atoms with E-state index < -0.39 is 10.2 Å². The van der Waals surface area contributed by atoms with Crippen molar-refractivity contribution in [1.82, 2.24) is 10.7 Å². The molecule has 0 aliphatic carbocycles. The molecule has 9 heteroatoms. The van der Waals surface area contributed by atoms with E-state index >= 15 is 0 Å². The lowest BCUT2D eigenvalue weighted by Gasteiger charge is -2.17. The fourth-order valence-electron chi connectivity index (χ4n) is 0.649. The van der Waals surface area contributed by atoms with Crippen LogP contribution in [0.3, 0.4) is 0 Å².